The molecule has 0 atom stereocenters. The summed E-state index contributed by atoms with van der Waals surface area (Å²) in [5.74, 6) is 0.877. The third-order valence-corrected chi connectivity index (χ3v) is 4.76. The Kier molecular flexibility index (Phi) is 3.32. The van der Waals surface area contributed by atoms with E-state index in [-0.39, 0.29) is 10.4 Å². The summed E-state index contributed by atoms with van der Waals surface area (Å²) in [5.41, 5.74) is -0.185. The van der Waals surface area contributed by atoms with E-state index in [0.717, 1.165) is 19.3 Å². The van der Waals surface area contributed by atoms with E-state index in [1.54, 1.807) is 18.3 Å². The van der Waals surface area contributed by atoms with Gasteiger partial charge in [-0.05, 0) is 31.4 Å². The lowest BCUT2D eigenvalue weighted by atomic mass is 9.78. The fourth-order valence-electron chi connectivity index (χ4n) is 1.93. The lowest BCUT2D eigenvalue weighted by Gasteiger charge is -2.41. The van der Waals surface area contributed by atoms with Gasteiger partial charge in [0.2, 0.25) is 0 Å². The highest BCUT2D eigenvalue weighted by molar-refractivity contribution is 7.90. The third-order valence-electron chi connectivity index (χ3n) is 3.12. The minimum absolute atomic E-state index is 0.185. The Morgan fingerprint density at radius 3 is 2.71 bits per heavy atom. The minimum atomic E-state index is -3.27. The molecule has 1 heterocycles. The van der Waals surface area contributed by atoms with E-state index in [1.165, 1.54) is 6.26 Å². The SMILES string of the molecule is CS(=O)(=O)c1cccnc1NC1(CCl)CCC1. The number of alkyl halides is 1. The van der Waals surface area contributed by atoms with Gasteiger partial charge < -0.3 is 5.32 Å². The van der Waals surface area contributed by atoms with Gasteiger partial charge in [0.25, 0.3) is 0 Å². The van der Waals surface area contributed by atoms with Crippen LogP contribution in [0.2, 0.25) is 0 Å². The predicted molar refractivity (Wildman–Crippen MR) is 68.3 cm³/mol. The van der Waals surface area contributed by atoms with Crippen LogP contribution in [0.25, 0.3) is 0 Å². The number of hydrogen-bond acceptors (Lipinski definition) is 4. The van der Waals surface area contributed by atoms with Crippen molar-refractivity contribution in [1.82, 2.24) is 4.98 Å². The highest BCUT2D eigenvalue weighted by Gasteiger charge is 2.37. The molecular weight excluding hydrogens is 260 g/mol. The molecule has 0 aromatic carbocycles. The zero-order valence-corrected chi connectivity index (χ0v) is 11.2. The molecule has 1 saturated carbocycles. The number of nitrogens with one attached hydrogen (secondary N) is 1. The Morgan fingerprint density at radius 2 is 2.24 bits per heavy atom. The Morgan fingerprint density at radius 1 is 1.53 bits per heavy atom. The molecule has 17 heavy (non-hydrogen) atoms. The molecule has 0 saturated heterocycles. The van der Waals surface area contributed by atoms with E-state index in [0.29, 0.717) is 11.7 Å². The van der Waals surface area contributed by atoms with E-state index in [1.807, 2.05) is 0 Å². The molecule has 1 aliphatic carbocycles. The molecule has 0 bridgehead atoms. The van der Waals surface area contributed by atoms with Crippen molar-refractivity contribution in [2.75, 3.05) is 17.5 Å². The lowest BCUT2D eigenvalue weighted by Crippen LogP contribution is -2.47. The summed E-state index contributed by atoms with van der Waals surface area (Å²) >= 11 is 5.94. The Balaban J connectivity index is 2.33. The van der Waals surface area contributed by atoms with E-state index < -0.39 is 9.84 Å². The lowest BCUT2D eigenvalue weighted by molar-refractivity contribution is 0.309. The highest BCUT2D eigenvalue weighted by Crippen LogP contribution is 2.37. The summed E-state index contributed by atoms with van der Waals surface area (Å²) in [5, 5.41) is 3.19. The van der Waals surface area contributed by atoms with Gasteiger partial charge in [-0.2, -0.15) is 0 Å². The monoisotopic (exact) mass is 274 g/mol. The molecule has 0 unspecified atom stereocenters. The van der Waals surface area contributed by atoms with Gasteiger partial charge in [-0.1, -0.05) is 0 Å². The quantitative estimate of drug-likeness (QED) is 0.854. The van der Waals surface area contributed by atoms with Crippen LogP contribution in [-0.4, -0.2) is 31.1 Å². The van der Waals surface area contributed by atoms with Gasteiger partial charge in [0, 0.05) is 18.3 Å². The summed E-state index contributed by atoms with van der Waals surface area (Å²) in [6, 6.07) is 3.18. The van der Waals surface area contributed by atoms with Crippen molar-refractivity contribution in [2.24, 2.45) is 0 Å². The average Bonchev–Trinajstić information content (AvgIpc) is 2.23. The van der Waals surface area contributed by atoms with Gasteiger partial charge >= 0.3 is 0 Å². The van der Waals surface area contributed by atoms with Crippen LogP contribution in [-0.2, 0) is 9.84 Å². The Labute approximate surface area is 106 Å². The molecule has 0 aliphatic heterocycles. The molecule has 0 amide bonds. The number of anilines is 1. The maximum atomic E-state index is 11.6. The number of pyridine rings is 1. The smallest absolute Gasteiger partial charge is 0.179 e. The second kappa shape index (κ2) is 4.46. The van der Waals surface area contributed by atoms with Crippen LogP contribution in [0.1, 0.15) is 19.3 Å². The molecule has 1 aromatic heterocycles. The standard InChI is InChI=1S/C11H15ClN2O2S/c1-17(15,16)9-4-2-7-13-10(9)14-11(8-12)5-3-6-11/h2,4,7H,3,5-6,8H2,1H3,(H,13,14). The first-order valence-electron chi connectivity index (χ1n) is 5.46. The summed E-state index contributed by atoms with van der Waals surface area (Å²) in [4.78, 5) is 4.34. The minimum Gasteiger partial charge on any atom is -0.362 e. The van der Waals surface area contributed by atoms with Crippen molar-refractivity contribution in [1.29, 1.82) is 0 Å². The van der Waals surface area contributed by atoms with Crippen LogP contribution in [0.5, 0.6) is 0 Å². The number of halogens is 1. The summed E-state index contributed by atoms with van der Waals surface area (Å²) in [7, 11) is -3.27. The molecule has 2 rings (SSSR count). The van der Waals surface area contributed by atoms with Crippen molar-refractivity contribution < 1.29 is 8.42 Å². The largest absolute Gasteiger partial charge is 0.362 e. The summed E-state index contributed by atoms with van der Waals surface area (Å²) in [6.07, 6.45) is 5.79. The molecular formula is C11H15ClN2O2S. The molecule has 0 radical (unpaired) electrons. The summed E-state index contributed by atoms with van der Waals surface area (Å²) in [6.45, 7) is 0. The van der Waals surface area contributed by atoms with Crippen LogP contribution < -0.4 is 5.32 Å². The van der Waals surface area contributed by atoms with Gasteiger partial charge in [-0.3, -0.25) is 0 Å². The fourth-order valence-corrected chi connectivity index (χ4v) is 3.05. The molecule has 1 N–H and O–H groups in total. The number of sulfone groups is 1. The van der Waals surface area contributed by atoms with Gasteiger partial charge in [0.05, 0.1) is 5.54 Å². The van der Waals surface area contributed by atoms with E-state index >= 15 is 0 Å². The van der Waals surface area contributed by atoms with Crippen LogP contribution in [0.4, 0.5) is 5.82 Å². The van der Waals surface area contributed by atoms with Crippen LogP contribution in [0.3, 0.4) is 0 Å². The highest BCUT2D eigenvalue weighted by atomic mass is 35.5. The Hall–Kier alpha value is -0.810. The van der Waals surface area contributed by atoms with Crippen LogP contribution >= 0.6 is 11.6 Å². The second-order valence-electron chi connectivity index (χ2n) is 4.51. The van der Waals surface area contributed by atoms with Crippen molar-refractivity contribution in [3.8, 4) is 0 Å². The van der Waals surface area contributed by atoms with Crippen LogP contribution in [0, 0.1) is 0 Å². The van der Waals surface area contributed by atoms with Crippen molar-refractivity contribution in [2.45, 2.75) is 29.7 Å². The third kappa shape index (κ3) is 2.55. The van der Waals surface area contributed by atoms with Crippen molar-refractivity contribution in [3.63, 3.8) is 0 Å². The number of rotatable bonds is 4. The molecule has 6 heteroatoms. The van der Waals surface area contributed by atoms with E-state index in [2.05, 4.69) is 10.3 Å². The molecule has 4 nitrogen and oxygen atoms in total. The first-order valence-corrected chi connectivity index (χ1v) is 7.89. The first kappa shape index (κ1) is 12.6. The van der Waals surface area contributed by atoms with Crippen molar-refractivity contribution >= 4 is 27.3 Å². The fraction of sp³-hybridized carbons (Fsp3) is 0.545. The van der Waals surface area contributed by atoms with Gasteiger partial charge in [0.1, 0.15) is 10.7 Å². The van der Waals surface area contributed by atoms with Crippen molar-refractivity contribution in [3.05, 3.63) is 18.3 Å². The molecule has 1 aromatic rings. The first-order chi connectivity index (χ1) is 7.97. The molecule has 1 fully saturated rings. The zero-order chi connectivity index (χ0) is 12.5. The average molecular weight is 275 g/mol. The molecule has 0 spiro atoms. The maximum Gasteiger partial charge on any atom is 0.179 e. The molecule has 1 aliphatic rings. The Bertz CT molecular complexity index is 506. The number of aromatic nitrogens is 1. The van der Waals surface area contributed by atoms with Gasteiger partial charge in [-0.25, -0.2) is 13.4 Å². The maximum absolute atomic E-state index is 11.6. The van der Waals surface area contributed by atoms with Gasteiger partial charge in [-0.15, -0.1) is 11.6 Å². The van der Waals surface area contributed by atoms with Gasteiger partial charge in [0.15, 0.2) is 9.84 Å². The zero-order valence-electron chi connectivity index (χ0n) is 9.61. The van der Waals surface area contributed by atoms with E-state index in [9.17, 15) is 8.42 Å². The second-order valence-corrected chi connectivity index (χ2v) is 6.77. The normalized spacial score (nSPS) is 18.5. The van der Waals surface area contributed by atoms with E-state index in [4.69, 9.17) is 11.6 Å². The molecule has 94 valence electrons. The predicted octanol–water partition coefficient (Wildman–Crippen LogP) is 2.06. The van der Waals surface area contributed by atoms with Crippen LogP contribution in [0.15, 0.2) is 23.2 Å². The summed E-state index contributed by atoms with van der Waals surface area (Å²) < 4.78 is 23.2. The number of nitrogens with zero attached hydrogens (tertiary/aromatic N) is 1. The number of hydrogen-bond donors (Lipinski definition) is 1. The topological polar surface area (TPSA) is 59.1 Å².